The Morgan fingerprint density at radius 1 is 1.64 bits per heavy atom. The minimum absolute atomic E-state index is 0.365. The van der Waals surface area contributed by atoms with Gasteiger partial charge in [0.25, 0.3) is 0 Å². The topological polar surface area (TPSA) is 24.9 Å². The number of nitrogens with one attached hydrogen (secondary N) is 1. The summed E-state index contributed by atoms with van der Waals surface area (Å²) in [6, 6.07) is 0. The highest BCUT2D eigenvalue weighted by molar-refractivity contribution is 7.13. The van der Waals surface area contributed by atoms with Crippen molar-refractivity contribution in [1.29, 1.82) is 0 Å². The van der Waals surface area contributed by atoms with Crippen LogP contribution in [0.2, 0.25) is 0 Å². The van der Waals surface area contributed by atoms with E-state index in [1.807, 2.05) is 6.92 Å². The molecule has 0 saturated heterocycles. The molecule has 2 rings (SSSR count). The van der Waals surface area contributed by atoms with Gasteiger partial charge in [0.15, 0.2) is 5.13 Å². The summed E-state index contributed by atoms with van der Waals surface area (Å²) in [5.41, 5.74) is 1.48. The highest BCUT2D eigenvalue weighted by atomic mass is 32.1. The van der Waals surface area contributed by atoms with Crippen molar-refractivity contribution in [2.45, 2.75) is 32.2 Å². The van der Waals surface area contributed by atoms with Crippen molar-refractivity contribution in [2.75, 3.05) is 5.32 Å². The molecule has 0 spiro atoms. The van der Waals surface area contributed by atoms with Gasteiger partial charge in [-0.1, -0.05) is 0 Å². The quantitative estimate of drug-likeness (QED) is 0.733. The Kier molecular flexibility index (Phi) is 1.42. The average molecular weight is 168 g/mol. The molecular formula is C8H12N2S. The first kappa shape index (κ1) is 7.10. The number of thiazole rings is 1. The highest BCUT2D eigenvalue weighted by Crippen LogP contribution is 2.38. The van der Waals surface area contributed by atoms with E-state index >= 15 is 0 Å². The molecule has 0 bridgehead atoms. The van der Waals surface area contributed by atoms with E-state index in [1.165, 1.54) is 12.8 Å². The molecule has 1 aliphatic carbocycles. The summed E-state index contributed by atoms with van der Waals surface area (Å²) in [4.78, 5) is 4.34. The first-order valence-electron chi connectivity index (χ1n) is 3.88. The Labute approximate surface area is 70.7 Å². The summed E-state index contributed by atoms with van der Waals surface area (Å²) in [5.74, 6) is 0. The van der Waals surface area contributed by atoms with Crippen molar-refractivity contribution in [3.63, 3.8) is 0 Å². The van der Waals surface area contributed by atoms with Crippen LogP contribution >= 0.6 is 11.3 Å². The van der Waals surface area contributed by atoms with Crippen LogP contribution in [0, 0.1) is 6.92 Å². The molecular weight excluding hydrogens is 156 g/mol. The van der Waals surface area contributed by atoms with Crippen molar-refractivity contribution >= 4 is 16.5 Å². The van der Waals surface area contributed by atoms with Crippen LogP contribution in [0.15, 0.2) is 5.38 Å². The molecule has 1 aromatic heterocycles. The molecule has 1 aliphatic rings. The number of nitrogens with zero attached hydrogens (tertiary/aromatic N) is 1. The van der Waals surface area contributed by atoms with E-state index in [-0.39, 0.29) is 0 Å². The molecule has 0 amide bonds. The summed E-state index contributed by atoms with van der Waals surface area (Å²) in [6.45, 7) is 4.26. The maximum absolute atomic E-state index is 4.34. The summed E-state index contributed by atoms with van der Waals surface area (Å²) in [7, 11) is 0. The maximum Gasteiger partial charge on any atom is 0.183 e. The first-order chi connectivity index (χ1) is 5.18. The second kappa shape index (κ2) is 2.21. The molecule has 2 nitrogen and oxygen atoms in total. The van der Waals surface area contributed by atoms with E-state index in [9.17, 15) is 0 Å². The Bertz CT molecular complexity index is 263. The van der Waals surface area contributed by atoms with Crippen LogP contribution in [0.4, 0.5) is 5.13 Å². The van der Waals surface area contributed by atoms with Crippen LogP contribution in [0.1, 0.15) is 25.5 Å². The lowest BCUT2D eigenvalue weighted by atomic mass is 10.3. The maximum atomic E-state index is 4.34. The van der Waals surface area contributed by atoms with Crippen LogP contribution < -0.4 is 5.32 Å². The summed E-state index contributed by atoms with van der Waals surface area (Å²) in [5, 5.41) is 6.57. The Balaban J connectivity index is 2.06. The van der Waals surface area contributed by atoms with Gasteiger partial charge in [-0.15, -0.1) is 11.3 Å². The Morgan fingerprint density at radius 3 is 2.82 bits per heavy atom. The van der Waals surface area contributed by atoms with Gasteiger partial charge in [0, 0.05) is 10.9 Å². The number of aromatic nitrogens is 1. The second-order valence-corrected chi connectivity index (χ2v) is 4.34. The van der Waals surface area contributed by atoms with Gasteiger partial charge in [-0.05, 0) is 26.7 Å². The minimum Gasteiger partial charge on any atom is -0.356 e. The lowest BCUT2D eigenvalue weighted by Crippen LogP contribution is -2.15. The van der Waals surface area contributed by atoms with Gasteiger partial charge in [0.1, 0.15) is 0 Å². The van der Waals surface area contributed by atoms with E-state index in [2.05, 4.69) is 22.6 Å². The SMILES string of the molecule is Cc1csc(NC2(C)CC2)n1. The monoisotopic (exact) mass is 168 g/mol. The molecule has 60 valence electrons. The zero-order valence-corrected chi connectivity index (χ0v) is 7.66. The molecule has 0 aliphatic heterocycles. The van der Waals surface area contributed by atoms with Gasteiger partial charge in [-0.3, -0.25) is 0 Å². The van der Waals surface area contributed by atoms with Crippen LogP contribution in [-0.4, -0.2) is 10.5 Å². The normalized spacial score (nSPS) is 19.8. The van der Waals surface area contributed by atoms with Gasteiger partial charge < -0.3 is 5.32 Å². The molecule has 0 atom stereocenters. The van der Waals surface area contributed by atoms with E-state index in [0.29, 0.717) is 5.54 Å². The van der Waals surface area contributed by atoms with E-state index in [0.717, 1.165) is 10.8 Å². The molecule has 1 aromatic rings. The number of hydrogen-bond donors (Lipinski definition) is 1. The van der Waals surface area contributed by atoms with Gasteiger partial charge in [0.2, 0.25) is 0 Å². The predicted octanol–water partition coefficient (Wildman–Crippen LogP) is 2.42. The van der Waals surface area contributed by atoms with Crippen LogP contribution in [0.25, 0.3) is 0 Å². The summed E-state index contributed by atoms with van der Waals surface area (Å²) >= 11 is 1.69. The molecule has 1 heterocycles. The fourth-order valence-electron chi connectivity index (χ4n) is 0.982. The van der Waals surface area contributed by atoms with Crippen LogP contribution in [-0.2, 0) is 0 Å². The Morgan fingerprint density at radius 2 is 2.36 bits per heavy atom. The lowest BCUT2D eigenvalue weighted by molar-refractivity contribution is 0.826. The summed E-state index contributed by atoms with van der Waals surface area (Å²) < 4.78 is 0. The summed E-state index contributed by atoms with van der Waals surface area (Å²) in [6.07, 6.45) is 2.57. The first-order valence-corrected chi connectivity index (χ1v) is 4.76. The van der Waals surface area contributed by atoms with E-state index < -0.39 is 0 Å². The van der Waals surface area contributed by atoms with Crippen molar-refractivity contribution in [3.05, 3.63) is 11.1 Å². The standard InChI is InChI=1S/C8H12N2S/c1-6-5-11-7(9-6)10-8(2)3-4-8/h5H,3-4H2,1-2H3,(H,9,10). The molecule has 0 radical (unpaired) electrons. The smallest absolute Gasteiger partial charge is 0.183 e. The van der Waals surface area contributed by atoms with Gasteiger partial charge in [-0.2, -0.15) is 0 Å². The van der Waals surface area contributed by atoms with Crippen molar-refractivity contribution in [3.8, 4) is 0 Å². The predicted molar refractivity (Wildman–Crippen MR) is 48.1 cm³/mol. The zero-order chi connectivity index (χ0) is 7.90. The Hall–Kier alpha value is -0.570. The molecule has 11 heavy (non-hydrogen) atoms. The third-order valence-corrected chi connectivity index (χ3v) is 2.90. The van der Waals surface area contributed by atoms with Gasteiger partial charge in [-0.25, -0.2) is 4.98 Å². The van der Waals surface area contributed by atoms with E-state index in [1.54, 1.807) is 11.3 Å². The number of aryl methyl sites for hydroxylation is 1. The van der Waals surface area contributed by atoms with Crippen LogP contribution in [0.5, 0.6) is 0 Å². The van der Waals surface area contributed by atoms with Crippen LogP contribution in [0.3, 0.4) is 0 Å². The fourth-order valence-corrected chi connectivity index (χ4v) is 1.82. The number of anilines is 1. The molecule has 3 heteroatoms. The van der Waals surface area contributed by atoms with Crippen molar-refractivity contribution in [1.82, 2.24) is 4.98 Å². The average Bonchev–Trinajstić information content (AvgIpc) is 2.49. The van der Waals surface area contributed by atoms with Gasteiger partial charge >= 0.3 is 0 Å². The third-order valence-electron chi connectivity index (χ3n) is 2.03. The van der Waals surface area contributed by atoms with Crippen molar-refractivity contribution in [2.24, 2.45) is 0 Å². The largest absolute Gasteiger partial charge is 0.356 e. The van der Waals surface area contributed by atoms with Gasteiger partial charge in [0.05, 0.1) is 5.69 Å². The number of hydrogen-bond acceptors (Lipinski definition) is 3. The minimum atomic E-state index is 0.365. The van der Waals surface area contributed by atoms with Crippen molar-refractivity contribution < 1.29 is 0 Å². The third kappa shape index (κ3) is 1.53. The molecule has 1 fully saturated rings. The highest BCUT2D eigenvalue weighted by Gasteiger charge is 2.37. The molecule has 0 unspecified atom stereocenters. The fraction of sp³-hybridized carbons (Fsp3) is 0.625. The molecule has 0 aromatic carbocycles. The second-order valence-electron chi connectivity index (χ2n) is 3.48. The number of rotatable bonds is 2. The lowest BCUT2D eigenvalue weighted by Gasteiger charge is -2.08. The molecule has 1 N–H and O–H groups in total. The zero-order valence-electron chi connectivity index (χ0n) is 6.85. The molecule has 1 saturated carbocycles. The van der Waals surface area contributed by atoms with E-state index in [4.69, 9.17) is 0 Å².